The summed E-state index contributed by atoms with van der Waals surface area (Å²) >= 11 is 0. The number of aromatic hydroxyl groups is 3. The van der Waals surface area contributed by atoms with Gasteiger partial charge in [-0.2, -0.15) is 0 Å². The summed E-state index contributed by atoms with van der Waals surface area (Å²) in [5, 5.41) is 28.7. The number of benzene rings is 2. The Labute approximate surface area is 168 Å². The third-order valence-corrected chi connectivity index (χ3v) is 4.84. The average Bonchev–Trinajstić information content (AvgIpc) is 2.97. The maximum Gasteiger partial charge on any atom is 0.260 e. The molecule has 1 aliphatic heterocycles. The number of hydrogen-bond donors (Lipinski definition) is 3. The van der Waals surface area contributed by atoms with Crippen LogP contribution >= 0.6 is 0 Å². The molecule has 1 heterocycles. The summed E-state index contributed by atoms with van der Waals surface area (Å²) in [5.74, 6) is -1.70. The molecule has 8 nitrogen and oxygen atoms in total. The third kappa shape index (κ3) is 4.90. The number of carbonyl (C=O) groups is 2. The van der Waals surface area contributed by atoms with Crippen LogP contribution < -0.4 is 4.74 Å². The molecular weight excluding hydrogens is 376 g/mol. The molecule has 154 valence electrons. The highest BCUT2D eigenvalue weighted by Crippen LogP contribution is 2.35. The lowest BCUT2D eigenvalue weighted by Crippen LogP contribution is -2.39. The van der Waals surface area contributed by atoms with Gasteiger partial charge in [-0.3, -0.25) is 9.59 Å². The van der Waals surface area contributed by atoms with Crippen LogP contribution in [0.5, 0.6) is 23.0 Å². The first-order chi connectivity index (χ1) is 13.8. The lowest BCUT2D eigenvalue weighted by molar-refractivity contribution is -0.133. The van der Waals surface area contributed by atoms with E-state index in [1.165, 1.54) is 0 Å². The van der Waals surface area contributed by atoms with E-state index in [1.807, 2.05) is 31.2 Å². The molecule has 0 bridgehead atoms. The fourth-order valence-corrected chi connectivity index (χ4v) is 3.15. The summed E-state index contributed by atoms with van der Waals surface area (Å²) in [4.78, 5) is 28.4. The van der Waals surface area contributed by atoms with Crippen molar-refractivity contribution in [1.82, 2.24) is 9.80 Å². The topological polar surface area (TPSA) is 111 Å². The third-order valence-electron chi connectivity index (χ3n) is 4.84. The van der Waals surface area contributed by atoms with Gasteiger partial charge in [-0.1, -0.05) is 17.7 Å². The lowest BCUT2D eigenvalue weighted by atomic mass is 10.1. The minimum atomic E-state index is -0.664. The summed E-state index contributed by atoms with van der Waals surface area (Å²) < 4.78 is 5.55. The number of ether oxygens (including phenoxy) is 1. The van der Waals surface area contributed by atoms with Gasteiger partial charge in [-0.05, 0) is 37.6 Å². The maximum atomic E-state index is 12.7. The Bertz CT molecular complexity index is 874. The normalized spacial score (nSPS) is 14.4. The predicted molar refractivity (Wildman–Crippen MR) is 105 cm³/mol. The van der Waals surface area contributed by atoms with Gasteiger partial charge in [-0.15, -0.1) is 0 Å². The molecule has 2 aromatic rings. The molecule has 3 rings (SSSR count). The number of phenolic OH excluding ortho intramolecular Hbond substituents is 3. The molecule has 0 saturated carbocycles. The fourth-order valence-electron chi connectivity index (χ4n) is 3.15. The number of aryl methyl sites for hydroxylation is 1. The summed E-state index contributed by atoms with van der Waals surface area (Å²) in [6.07, 6.45) is 0.595. The summed E-state index contributed by atoms with van der Waals surface area (Å²) in [5.41, 5.74) is 1.18. The van der Waals surface area contributed by atoms with Gasteiger partial charge >= 0.3 is 0 Å². The summed E-state index contributed by atoms with van der Waals surface area (Å²) in [7, 11) is 0. The second kappa shape index (κ2) is 8.72. The molecule has 0 radical (unpaired) electrons. The molecule has 1 fully saturated rings. The molecule has 29 heavy (non-hydrogen) atoms. The highest BCUT2D eigenvalue weighted by molar-refractivity contribution is 5.95. The second-order valence-corrected chi connectivity index (χ2v) is 6.99. The Morgan fingerprint density at radius 1 is 0.931 bits per heavy atom. The Morgan fingerprint density at radius 2 is 1.52 bits per heavy atom. The Hall–Kier alpha value is -3.42. The first kappa shape index (κ1) is 20.3. The Morgan fingerprint density at radius 3 is 2.17 bits per heavy atom. The van der Waals surface area contributed by atoms with Crippen molar-refractivity contribution in [1.29, 1.82) is 0 Å². The van der Waals surface area contributed by atoms with Crippen LogP contribution in [0.3, 0.4) is 0 Å². The van der Waals surface area contributed by atoms with Crippen molar-refractivity contribution in [3.8, 4) is 23.0 Å². The van der Waals surface area contributed by atoms with Gasteiger partial charge in [0.25, 0.3) is 11.8 Å². The smallest absolute Gasteiger partial charge is 0.260 e. The van der Waals surface area contributed by atoms with Gasteiger partial charge in [0.1, 0.15) is 5.75 Å². The van der Waals surface area contributed by atoms with E-state index in [4.69, 9.17) is 4.74 Å². The number of phenols is 3. The molecule has 0 atom stereocenters. The number of hydrogen-bond acceptors (Lipinski definition) is 6. The first-order valence-electron chi connectivity index (χ1n) is 9.36. The molecular formula is C21H24N2O6. The van der Waals surface area contributed by atoms with Crippen molar-refractivity contribution >= 4 is 11.8 Å². The zero-order valence-corrected chi connectivity index (χ0v) is 16.2. The molecule has 1 saturated heterocycles. The van der Waals surface area contributed by atoms with Crippen LogP contribution in [0.2, 0.25) is 0 Å². The number of nitrogens with zero attached hydrogens (tertiary/aromatic N) is 2. The number of carbonyl (C=O) groups excluding carboxylic acids is 2. The van der Waals surface area contributed by atoms with E-state index in [-0.39, 0.29) is 24.0 Å². The zero-order chi connectivity index (χ0) is 21.0. The molecule has 0 spiro atoms. The van der Waals surface area contributed by atoms with Crippen molar-refractivity contribution in [2.45, 2.75) is 13.3 Å². The van der Waals surface area contributed by atoms with Gasteiger partial charge in [0.05, 0.1) is 0 Å². The van der Waals surface area contributed by atoms with Gasteiger partial charge in [0.2, 0.25) is 0 Å². The van der Waals surface area contributed by atoms with Crippen LogP contribution in [0.1, 0.15) is 22.3 Å². The van der Waals surface area contributed by atoms with Crippen LogP contribution in [0.4, 0.5) is 0 Å². The van der Waals surface area contributed by atoms with Gasteiger partial charge in [0.15, 0.2) is 23.9 Å². The van der Waals surface area contributed by atoms with Crippen molar-refractivity contribution in [3.63, 3.8) is 0 Å². The quantitative estimate of drug-likeness (QED) is 0.676. The Kier molecular flexibility index (Phi) is 6.11. The lowest BCUT2D eigenvalue weighted by Gasteiger charge is -2.22. The van der Waals surface area contributed by atoms with E-state index in [0.29, 0.717) is 38.3 Å². The van der Waals surface area contributed by atoms with Crippen LogP contribution in [-0.2, 0) is 4.79 Å². The standard InChI is InChI=1S/C21H24N2O6/c1-14-3-5-16(6-4-14)29-13-19(26)22-7-2-8-23(10-9-22)21(28)15-11-17(24)20(27)18(25)12-15/h3-6,11-12,24-25,27H,2,7-10,13H2,1H3. The molecule has 0 unspecified atom stereocenters. The van der Waals surface area contributed by atoms with Crippen molar-refractivity contribution in [2.75, 3.05) is 32.8 Å². The SMILES string of the molecule is Cc1ccc(OCC(=O)N2CCCN(C(=O)c3cc(O)c(O)c(O)c3)CC2)cc1. The van der Waals surface area contributed by atoms with E-state index < -0.39 is 17.2 Å². The molecule has 1 aliphatic rings. The maximum absolute atomic E-state index is 12.7. The van der Waals surface area contributed by atoms with Gasteiger partial charge < -0.3 is 29.9 Å². The van der Waals surface area contributed by atoms with Crippen molar-refractivity contribution in [3.05, 3.63) is 47.5 Å². The Balaban J connectivity index is 1.57. The van der Waals surface area contributed by atoms with E-state index >= 15 is 0 Å². The van der Waals surface area contributed by atoms with Gasteiger partial charge in [0, 0.05) is 31.7 Å². The van der Waals surface area contributed by atoms with E-state index in [1.54, 1.807) is 9.80 Å². The molecule has 0 aliphatic carbocycles. The number of rotatable bonds is 4. The largest absolute Gasteiger partial charge is 0.504 e. The molecule has 3 N–H and O–H groups in total. The van der Waals surface area contributed by atoms with Crippen LogP contribution in [0, 0.1) is 6.92 Å². The van der Waals surface area contributed by atoms with Crippen LogP contribution in [0.15, 0.2) is 36.4 Å². The predicted octanol–water partition coefficient (Wildman–Crippen LogP) is 1.87. The molecule has 0 aromatic heterocycles. The zero-order valence-electron chi connectivity index (χ0n) is 16.2. The molecule has 2 amide bonds. The highest BCUT2D eigenvalue weighted by Gasteiger charge is 2.24. The molecule has 2 aromatic carbocycles. The average molecular weight is 400 g/mol. The first-order valence-corrected chi connectivity index (χ1v) is 9.36. The second-order valence-electron chi connectivity index (χ2n) is 6.99. The van der Waals surface area contributed by atoms with Crippen molar-refractivity contribution < 1.29 is 29.6 Å². The minimum absolute atomic E-state index is 0.0697. The van der Waals surface area contributed by atoms with E-state index in [9.17, 15) is 24.9 Å². The summed E-state index contributed by atoms with van der Waals surface area (Å²) in [6.45, 7) is 3.52. The van der Waals surface area contributed by atoms with Crippen LogP contribution in [0.25, 0.3) is 0 Å². The fraction of sp³-hybridized carbons (Fsp3) is 0.333. The van der Waals surface area contributed by atoms with Crippen LogP contribution in [-0.4, -0.2) is 69.7 Å². The summed E-state index contributed by atoms with van der Waals surface area (Å²) in [6, 6.07) is 9.67. The highest BCUT2D eigenvalue weighted by atomic mass is 16.5. The number of amides is 2. The monoisotopic (exact) mass is 400 g/mol. The van der Waals surface area contributed by atoms with E-state index in [2.05, 4.69) is 0 Å². The van der Waals surface area contributed by atoms with Gasteiger partial charge in [-0.25, -0.2) is 0 Å². The van der Waals surface area contributed by atoms with Crippen molar-refractivity contribution in [2.24, 2.45) is 0 Å². The van der Waals surface area contributed by atoms with E-state index in [0.717, 1.165) is 17.7 Å². The molecule has 8 heteroatoms. The minimum Gasteiger partial charge on any atom is -0.504 e.